The Balaban J connectivity index is 2.14. The van der Waals surface area contributed by atoms with Crippen molar-refractivity contribution in [3.05, 3.63) is 23.5 Å². The molecule has 0 bridgehead atoms. The molecule has 88 valence electrons. The maximum Gasteiger partial charge on any atom is 0.0609 e. The van der Waals surface area contributed by atoms with E-state index in [0.29, 0.717) is 0 Å². The van der Waals surface area contributed by atoms with Gasteiger partial charge in [-0.3, -0.25) is 4.98 Å². The standard InChI is InChI=1S/C13H21N3/c1-4-12-5-6-13(11(2)14-12)16-9-7-15(3)8-10-16/h5-6H,4,7-10H2,1-3H3. The van der Waals surface area contributed by atoms with Gasteiger partial charge in [0.2, 0.25) is 0 Å². The Hall–Kier alpha value is -1.09. The Morgan fingerprint density at radius 3 is 2.44 bits per heavy atom. The minimum Gasteiger partial charge on any atom is -0.368 e. The second kappa shape index (κ2) is 4.83. The lowest BCUT2D eigenvalue weighted by Crippen LogP contribution is -2.44. The molecule has 1 fully saturated rings. The molecule has 0 unspecified atom stereocenters. The fraction of sp³-hybridized carbons (Fsp3) is 0.615. The molecule has 0 aliphatic carbocycles. The Morgan fingerprint density at radius 2 is 1.88 bits per heavy atom. The van der Waals surface area contributed by atoms with Crippen molar-refractivity contribution in [1.29, 1.82) is 0 Å². The molecule has 16 heavy (non-hydrogen) atoms. The van der Waals surface area contributed by atoms with Gasteiger partial charge in [0.1, 0.15) is 0 Å². The van der Waals surface area contributed by atoms with Crippen molar-refractivity contribution in [3.8, 4) is 0 Å². The molecule has 2 heterocycles. The van der Waals surface area contributed by atoms with Crippen LogP contribution in [0, 0.1) is 6.92 Å². The lowest BCUT2D eigenvalue weighted by Gasteiger charge is -2.34. The third-order valence-corrected chi connectivity index (χ3v) is 3.32. The first-order valence-electron chi connectivity index (χ1n) is 6.10. The first kappa shape index (κ1) is 11.4. The van der Waals surface area contributed by atoms with Crippen molar-refractivity contribution >= 4 is 5.69 Å². The van der Waals surface area contributed by atoms with E-state index in [-0.39, 0.29) is 0 Å². The maximum absolute atomic E-state index is 4.63. The summed E-state index contributed by atoms with van der Waals surface area (Å²) < 4.78 is 0. The van der Waals surface area contributed by atoms with E-state index in [2.05, 4.69) is 47.8 Å². The Bertz CT molecular complexity index is 354. The summed E-state index contributed by atoms with van der Waals surface area (Å²) in [6.07, 6.45) is 1.02. The van der Waals surface area contributed by atoms with Crippen LogP contribution in [0.25, 0.3) is 0 Å². The van der Waals surface area contributed by atoms with Crippen molar-refractivity contribution in [2.24, 2.45) is 0 Å². The third kappa shape index (κ3) is 2.35. The van der Waals surface area contributed by atoms with E-state index in [1.165, 1.54) is 17.1 Å². The molecule has 0 N–H and O–H groups in total. The highest BCUT2D eigenvalue weighted by Crippen LogP contribution is 2.20. The van der Waals surface area contributed by atoms with E-state index in [4.69, 9.17) is 0 Å². The highest BCUT2D eigenvalue weighted by Gasteiger charge is 2.16. The number of pyridine rings is 1. The Labute approximate surface area is 98.1 Å². The van der Waals surface area contributed by atoms with Crippen LogP contribution in [0.4, 0.5) is 5.69 Å². The van der Waals surface area contributed by atoms with Crippen molar-refractivity contribution in [2.45, 2.75) is 20.3 Å². The molecule has 1 aliphatic heterocycles. The summed E-state index contributed by atoms with van der Waals surface area (Å²) in [5.74, 6) is 0. The van der Waals surface area contributed by atoms with Gasteiger partial charge in [0.15, 0.2) is 0 Å². The smallest absolute Gasteiger partial charge is 0.0609 e. The van der Waals surface area contributed by atoms with E-state index in [1.54, 1.807) is 0 Å². The Kier molecular flexibility index (Phi) is 3.44. The molecule has 0 spiro atoms. The zero-order valence-corrected chi connectivity index (χ0v) is 10.5. The van der Waals surface area contributed by atoms with Gasteiger partial charge in [-0.1, -0.05) is 6.92 Å². The van der Waals surface area contributed by atoms with Crippen LogP contribution >= 0.6 is 0 Å². The maximum atomic E-state index is 4.63. The summed E-state index contributed by atoms with van der Waals surface area (Å²) in [5.41, 5.74) is 3.67. The second-order valence-corrected chi connectivity index (χ2v) is 4.55. The number of hydrogen-bond donors (Lipinski definition) is 0. The molecule has 1 aliphatic rings. The first-order chi connectivity index (χ1) is 7.70. The van der Waals surface area contributed by atoms with Gasteiger partial charge in [-0.25, -0.2) is 0 Å². The fourth-order valence-corrected chi connectivity index (χ4v) is 2.18. The van der Waals surface area contributed by atoms with Crippen LogP contribution < -0.4 is 4.90 Å². The van der Waals surface area contributed by atoms with Crippen LogP contribution in [0.15, 0.2) is 12.1 Å². The van der Waals surface area contributed by atoms with Crippen LogP contribution in [0.2, 0.25) is 0 Å². The number of rotatable bonds is 2. The molecular weight excluding hydrogens is 198 g/mol. The molecule has 0 saturated carbocycles. The second-order valence-electron chi connectivity index (χ2n) is 4.55. The van der Waals surface area contributed by atoms with Crippen LogP contribution in [0.5, 0.6) is 0 Å². The number of aromatic nitrogens is 1. The van der Waals surface area contributed by atoms with Gasteiger partial charge >= 0.3 is 0 Å². The van der Waals surface area contributed by atoms with Crippen molar-refractivity contribution in [2.75, 3.05) is 38.1 Å². The van der Waals surface area contributed by atoms with Gasteiger partial charge in [0.05, 0.1) is 11.4 Å². The lowest BCUT2D eigenvalue weighted by molar-refractivity contribution is 0.312. The average Bonchev–Trinajstić information content (AvgIpc) is 2.30. The topological polar surface area (TPSA) is 19.4 Å². The summed E-state index contributed by atoms with van der Waals surface area (Å²) in [6.45, 7) is 8.79. The number of likely N-dealkylation sites (N-methyl/N-ethyl adjacent to an activating group) is 1. The monoisotopic (exact) mass is 219 g/mol. The predicted octanol–water partition coefficient (Wildman–Crippen LogP) is 1.70. The van der Waals surface area contributed by atoms with Crippen molar-refractivity contribution in [3.63, 3.8) is 0 Å². The van der Waals surface area contributed by atoms with Gasteiger partial charge in [0, 0.05) is 31.9 Å². The largest absolute Gasteiger partial charge is 0.368 e. The molecule has 1 aromatic heterocycles. The SMILES string of the molecule is CCc1ccc(N2CCN(C)CC2)c(C)n1. The molecule has 1 aromatic rings. The summed E-state index contributed by atoms with van der Waals surface area (Å²) in [4.78, 5) is 9.45. The van der Waals surface area contributed by atoms with Gasteiger partial charge in [-0.2, -0.15) is 0 Å². The molecule has 3 nitrogen and oxygen atoms in total. The molecule has 3 heteroatoms. The van der Waals surface area contributed by atoms with Crippen LogP contribution in [0.3, 0.4) is 0 Å². The number of hydrogen-bond acceptors (Lipinski definition) is 3. The molecular formula is C13H21N3. The molecule has 0 aromatic carbocycles. The highest BCUT2D eigenvalue weighted by molar-refractivity contribution is 5.51. The quantitative estimate of drug-likeness (QED) is 0.755. The average molecular weight is 219 g/mol. The van der Waals surface area contributed by atoms with Gasteiger partial charge in [-0.05, 0) is 32.5 Å². The molecule has 0 atom stereocenters. The molecule has 0 amide bonds. The first-order valence-corrected chi connectivity index (χ1v) is 6.10. The number of anilines is 1. The lowest BCUT2D eigenvalue weighted by atomic mass is 10.2. The third-order valence-electron chi connectivity index (χ3n) is 3.32. The molecule has 1 saturated heterocycles. The Morgan fingerprint density at radius 1 is 1.19 bits per heavy atom. The number of aryl methyl sites for hydroxylation is 2. The summed E-state index contributed by atoms with van der Waals surface area (Å²) in [5, 5.41) is 0. The summed E-state index contributed by atoms with van der Waals surface area (Å²) in [6, 6.07) is 4.38. The summed E-state index contributed by atoms with van der Waals surface area (Å²) >= 11 is 0. The zero-order chi connectivity index (χ0) is 11.5. The minimum absolute atomic E-state index is 1.02. The molecule has 2 rings (SSSR count). The van der Waals surface area contributed by atoms with E-state index in [0.717, 1.165) is 32.6 Å². The number of nitrogens with zero attached hydrogens (tertiary/aromatic N) is 3. The predicted molar refractivity (Wildman–Crippen MR) is 68.1 cm³/mol. The van der Waals surface area contributed by atoms with Gasteiger partial charge < -0.3 is 9.80 Å². The van der Waals surface area contributed by atoms with Crippen LogP contribution in [0.1, 0.15) is 18.3 Å². The van der Waals surface area contributed by atoms with Crippen molar-refractivity contribution < 1.29 is 0 Å². The van der Waals surface area contributed by atoms with Gasteiger partial charge in [0.25, 0.3) is 0 Å². The highest BCUT2D eigenvalue weighted by atomic mass is 15.2. The molecule has 0 radical (unpaired) electrons. The normalized spacial score (nSPS) is 17.8. The fourth-order valence-electron chi connectivity index (χ4n) is 2.18. The number of piperazine rings is 1. The van der Waals surface area contributed by atoms with Crippen LogP contribution in [-0.2, 0) is 6.42 Å². The van der Waals surface area contributed by atoms with E-state index >= 15 is 0 Å². The van der Waals surface area contributed by atoms with Crippen molar-refractivity contribution in [1.82, 2.24) is 9.88 Å². The van der Waals surface area contributed by atoms with E-state index in [9.17, 15) is 0 Å². The van der Waals surface area contributed by atoms with Crippen LogP contribution in [-0.4, -0.2) is 43.1 Å². The van der Waals surface area contributed by atoms with E-state index in [1.807, 2.05) is 0 Å². The minimum atomic E-state index is 1.02. The van der Waals surface area contributed by atoms with Gasteiger partial charge in [-0.15, -0.1) is 0 Å². The van der Waals surface area contributed by atoms with E-state index < -0.39 is 0 Å². The zero-order valence-electron chi connectivity index (χ0n) is 10.5. The summed E-state index contributed by atoms with van der Waals surface area (Å²) in [7, 11) is 2.18.